The molecule has 1 unspecified atom stereocenters. The van der Waals surface area contributed by atoms with E-state index in [2.05, 4.69) is 6.07 Å². The summed E-state index contributed by atoms with van der Waals surface area (Å²) in [5.41, 5.74) is -0.211. The molecule has 64 valence electrons. The first-order valence-electron chi connectivity index (χ1n) is 4.12. The van der Waals surface area contributed by atoms with Gasteiger partial charge in [-0.15, -0.1) is 0 Å². The van der Waals surface area contributed by atoms with Gasteiger partial charge in [0.2, 0.25) is 0 Å². The maximum atomic E-state index is 11.9. The summed E-state index contributed by atoms with van der Waals surface area (Å²) in [6.45, 7) is 5.74. The smallest absolute Gasteiger partial charge is 0.104 e. The molecule has 2 nitrogen and oxygen atoms in total. The van der Waals surface area contributed by atoms with Crippen molar-refractivity contribution < 1.29 is 4.57 Å². The van der Waals surface area contributed by atoms with Gasteiger partial charge in [0.25, 0.3) is 0 Å². The van der Waals surface area contributed by atoms with Crippen molar-refractivity contribution in [1.29, 1.82) is 5.26 Å². The van der Waals surface area contributed by atoms with E-state index in [0.29, 0.717) is 12.3 Å². The molecule has 0 radical (unpaired) electrons. The van der Waals surface area contributed by atoms with E-state index in [9.17, 15) is 4.57 Å². The standard InChI is InChI=1S/C8H16NOP/c1-4-8(7-9)11(10,5-2)6-3/h8H,4-6H2,1-3H3. The molecule has 0 saturated heterocycles. The number of hydrogen-bond donors (Lipinski definition) is 0. The van der Waals surface area contributed by atoms with Crippen molar-refractivity contribution in [3.63, 3.8) is 0 Å². The molecule has 0 aromatic rings. The summed E-state index contributed by atoms with van der Waals surface area (Å²) in [6.07, 6.45) is 2.04. The molecule has 11 heavy (non-hydrogen) atoms. The largest absolute Gasteiger partial charge is 0.322 e. The minimum atomic E-state index is -2.15. The molecule has 0 saturated carbocycles. The first-order valence-corrected chi connectivity index (χ1v) is 6.26. The Bertz CT molecular complexity index is 187. The normalized spacial score (nSPS) is 14.0. The molecular formula is C8H16NOP. The highest BCUT2D eigenvalue weighted by Crippen LogP contribution is 2.50. The number of rotatable bonds is 4. The predicted octanol–water partition coefficient (Wildman–Crippen LogP) is 2.69. The van der Waals surface area contributed by atoms with Crippen molar-refractivity contribution in [2.24, 2.45) is 0 Å². The molecule has 0 fully saturated rings. The van der Waals surface area contributed by atoms with Crippen molar-refractivity contribution in [3.8, 4) is 6.07 Å². The lowest BCUT2D eigenvalue weighted by Gasteiger charge is -2.17. The van der Waals surface area contributed by atoms with Crippen LogP contribution in [0.15, 0.2) is 0 Å². The van der Waals surface area contributed by atoms with E-state index in [4.69, 9.17) is 5.26 Å². The third-order valence-electron chi connectivity index (χ3n) is 2.17. The number of nitriles is 1. The summed E-state index contributed by atoms with van der Waals surface area (Å²) in [6, 6.07) is 2.13. The Labute approximate surface area is 69.0 Å². The highest BCUT2D eigenvalue weighted by molar-refractivity contribution is 7.64. The fourth-order valence-electron chi connectivity index (χ4n) is 1.19. The van der Waals surface area contributed by atoms with Crippen LogP contribution in [0.3, 0.4) is 0 Å². The van der Waals surface area contributed by atoms with Gasteiger partial charge in [-0.3, -0.25) is 0 Å². The fourth-order valence-corrected chi connectivity index (χ4v) is 3.40. The van der Waals surface area contributed by atoms with Crippen LogP contribution in [-0.4, -0.2) is 18.0 Å². The van der Waals surface area contributed by atoms with Crippen LogP contribution in [0.1, 0.15) is 27.2 Å². The lowest BCUT2D eigenvalue weighted by Crippen LogP contribution is -2.07. The maximum Gasteiger partial charge on any atom is 0.104 e. The van der Waals surface area contributed by atoms with E-state index >= 15 is 0 Å². The summed E-state index contributed by atoms with van der Waals surface area (Å²) in [7, 11) is -2.15. The van der Waals surface area contributed by atoms with Crippen molar-refractivity contribution in [3.05, 3.63) is 0 Å². The Kier molecular flexibility index (Phi) is 4.45. The average Bonchev–Trinajstić information content (AvgIpc) is 2.06. The molecule has 0 rings (SSSR count). The summed E-state index contributed by atoms with van der Waals surface area (Å²) >= 11 is 0. The summed E-state index contributed by atoms with van der Waals surface area (Å²) in [4.78, 5) is 0. The van der Waals surface area contributed by atoms with Gasteiger partial charge < -0.3 is 4.57 Å². The van der Waals surface area contributed by atoms with Crippen molar-refractivity contribution in [2.75, 3.05) is 12.3 Å². The molecule has 0 N–H and O–H groups in total. The maximum absolute atomic E-state index is 11.9. The Morgan fingerprint density at radius 1 is 1.36 bits per heavy atom. The molecule has 1 atom stereocenters. The van der Waals surface area contributed by atoms with Gasteiger partial charge in [-0.25, -0.2) is 0 Å². The Morgan fingerprint density at radius 2 is 1.82 bits per heavy atom. The van der Waals surface area contributed by atoms with Gasteiger partial charge in [-0.2, -0.15) is 5.26 Å². The van der Waals surface area contributed by atoms with Crippen molar-refractivity contribution in [1.82, 2.24) is 0 Å². The second kappa shape index (κ2) is 4.57. The molecule has 0 aromatic heterocycles. The van der Waals surface area contributed by atoms with E-state index in [0.717, 1.165) is 6.42 Å². The van der Waals surface area contributed by atoms with Crippen molar-refractivity contribution >= 4 is 7.14 Å². The zero-order valence-corrected chi connectivity index (χ0v) is 8.40. The molecule has 0 heterocycles. The van der Waals surface area contributed by atoms with E-state index in [1.54, 1.807) is 0 Å². The third-order valence-corrected chi connectivity index (χ3v) is 5.93. The highest BCUT2D eigenvalue weighted by Gasteiger charge is 2.27. The summed E-state index contributed by atoms with van der Waals surface area (Å²) in [5.74, 6) is 0. The monoisotopic (exact) mass is 173 g/mol. The van der Waals surface area contributed by atoms with Gasteiger partial charge in [0, 0.05) is 0 Å². The predicted molar refractivity (Wildman–Crippen MR) is 48.4 cm³/mol. The van der Waals surface area contributed by atoms with E-state index < -0.39 is 7.14 Å². The van der Waals surface area contributed by atoms with E-state index in [1.807, 2.05) is 20.8 Å². The average molecular weight is 173 g/mol. The second-order valence-electron chi connectivity index (χ2n) is 2.64. The van der Waals surface area contributed by atoms with Crippen LogP contribution >= 0.6 is 7.14 Å². The Morgan fingerprint density at radius 3 is 1.91 bits per heavy atom. The van der Waals surface area contributed by atoms with Gasteiger partial charge in [0.15, 0.2) is 0 Å². The van der Waals surface area contributed by atoms with Gasteiger partial charge in [-0.05, 0) is 18.7 Å². The Balaban J connectivity index is 4.49. The van der Waals surface area contributed by atoms with Gasteiger partial charge in [0.1, 0.15) is 7.14 Å². The zero-order valence-electron chi connectivity index (χ0n) is 7.50. The second-order valence-corrected chi connectivity index (χ2v) is 6.43. The zero-order chi connectivity index (χ0) is 8.91. The number of hydrogen-bond acceptors (Lipinski definition) is 2. The molecule has 0 aliphatic rings. The molecule has 0 aliphatic heterocycles. The molecule has 0 aliphatic carbocycles. The quantitative estimate of drug-likeness (QED) is 0.613. The molecule has 0 amide bonds. The summed E-state index contributed by atoms with van der Waals surface area (Å²) < 4.78 is 11.9. The van der Waals surface area contributed by atoms with Crippen LogP contribution in [0.4, 0.5) is 0 Å². The van der Waals surface area contributed by atoms with Crippen LogP contribution in [0.25, 0.3) is 0 Å². The van der Waals surface area contributed by atoms with Crippen molar-refractivity contribution in [2.45, 2.75) is 32.9 Å². The van der Waals surface area contributed by atoms with Crippen LogP contribution < -0.4 is 0 Å². The molecular weight excluding hydrogens is 157 g/mol. The fraction of sp³-hybridized carbons (Fsp3) is 0.875. The van der Waals surface area contributed by atoms with Gasteiger partial charge >= 0.3 is 0 Å². The third kappa shape index (κ3) is 2.34. The van der Waals surface area contributed by atoms with E-state index in [1.165, 1.54) is 0 Å². The minimum Gasteiger partial charge on any atom is -0.322 e. The van der Waals surface area contributed by atoms with Gasteiger partial charge in [-0.1, -0.05) is 20.8 Å². The van der Waals surface area contributed by atoms with E-state index in [-0.39, 0.29) is 5.66 Å². The first-order chi connectivity index (χ1) is 5.14. The summed E-state index contributed by atoms with van der Waals surface area (Å²) in [5, 5.41) is 8.70. The number of nitrogens with zero attached hydrogens (tertiary/aromatic N) is 1. The molecule has 0 spiro atoms. The lowest BCUT2D eigenvalue weighted by atomic mass is 10.4. The molecule has 0 bridgehead atoms. The minimum absolute atomic E-state index is 0.211. The topological polar surface area (TPSA) is 40.9 Å². The van der Waals surface area contributed by atoms with Crippen LogP contribution in [0.2, 0.25) is 0 Å². The lowest BCUT2D eigenvalue weighted by molar-refractivity contribution is 0.570. The highest BCUT2D eigenvalue weighted by atomic mass is 31.2. The first kappa shape index (κ1) is 10.7. The van der Waals surface area contributed by atoms with Gasteiger partial charge in [0.05, 0.1) is 11.7 Å². The van der Waals surface area contributed by atoms with Crippen LogP contribution in [0, 0.1) is 11.3 Å². The molecule has 0 aromatic carbocycles. The molecule has 3 heteroatoms. The SMILES string of the molecule is CCC(C#N)P(=O)(CC)CC. The van der Waals surface area contributed by atoms with Crippen LogP contribution in [0.5, 0.6) is 0 Å². The van der Waals surface area contributed by atoms with Crippen LogP contribution in [-0.2, 0) is 4.57 Å². The Hall–Kier alpha value is -0.280.